The number of methoxy groups -OCH3 is 1. The largest absolute Gasteiger partial charge is 0.546 e. The van der Waals surface area contributed by atoms with Gasteiger partial charge in [0.2, 0.25) is 8.32 Å². The van der Waals surface area contributed by atoms with Crippen LogP contribution in [0.1, 0.15) is 114 Å². The van der Waals surface area contributed by atoms with Crippen molar-refractivity contribution in [3.05, 3.63) is 23.5 Å². The predicted octanol–water partition coefficient (Wildman–Crippen LogP) is 10.7. The minimum atomic E-state index is -2.15. The van der Waals surface area contributed by atoms with E-state index in [4.69, 9.17) is 22.8 Å². The third-order valence-corrected chi connectivity index (χ3v) is 20.4. The number of carbonyl (C=O) groups is 2. The van der Waals surface area contributed by atoms with E-state index in [1.54, 1.807) is 0 Å². The van der Waals surface area contributed by atoms with Gasteiger partial charge in [-0.3, -0.25) is 9.59 Å². The second-order valence-corrected chi connectivity index (χ2v) is 30.4. The SMILES string of the molecule is CCCCC(C)(C/C=C/[C@H]1C(CCC#CC(CC(=O)OC)OC(C)=O)=C(O[Si](C)(C)C(C)(C)C)C[C@@H]1O[Si](CC)(CC)CC)O[Si](C)(C)C. The summed E-state index contributed by atoms with van der Waals surface area (Å²) >= 11 is 0. The Balaban J connectivity index is 3.69. The maximum absolute atomic E-state index is 11.9. The van der Waals surface area contributed by atoms with E-state index < -0.39 is 43.0 Å². The average molecular weight is 737 g/mol. The molecule has 0 fully saturated rings. The molecular weight excluding hydrogens is 665 g/mol. The zero-order valence-electron chi connectivity index (χ0n) is 34.0. The van der Waals surface area contributed by atoms with Gasteiger partial charge >= 0.3 is 11.9 Å². The molecule has 4 atom stereocenters. The van der Waals surface area contributed by atoms with Gasteiger partial charge in [-0.2, -0.15) is 0 Å². The van der Waals surface area contributed by atoms with Crippen molar-refractivity contribution in [3.8, 4) is 11.8 Å². The van der Waals surface area contributed by atoms with Crippen molar-refractivity contribution in [2.75, 3.05) is 7.11 Å². The van der Waals surface area contributed by atoms with E-state index in [2.05, 4.69) is 112 Å². The van der Waals surface area contributed by atoms with E-state index in [-0.39, 0.29) is 29.1 Å². The molecule has 0 heterocycles. The summed E-state index contributed by atoms with van der Waals surface area (Å²) in [4.78, 5) is 23.7. The fourth-order valence-electron chi connectivity index (χ4n) is 6.29. The Morgan fingerprint density at radius 2 is 1.61 bits per heavy atom. The van der Waals surface area contributed by atoms with Crippen molar-refractivity contribution in [1.82, 2.24) is 0 Å². The number of rotatable bonds is 20. The van der Waals surface area contributed by atoms with Gasteiger partial charge in [0, 0.05) is 25.7 Å². The molecule has 0 spiro atoms. The Morgan fingerprint density at radius 3 is 2.10 bits per heavy atom. The van der Waals surface area contributed by atoms with Crippen molar-refractivity contribution < 1.29 is 32.3 Å². The highest BCUT2D eigenvalue weighted by atomic mass is 28.4. The number of carbonyl (C=O) groups excluding carboxylic acids is 2. The third-order valence-electron chi connectivity index (χ3n) is 10.2. The van der Waals surface area contributed by atoms with E-state index in [0.717, 1.165) is 56.0 Å². The van der Waals surface area contributed by atoms with Crippen LogP contribution in [0.5, 0.6) is 0 Å². The van der Waals surface area contributed by atoms with Crippen molar-refractivity contribution in [2.45, 2.75) is 187 Å². The Labute approximate surface area is 304 Å². The van der Waals surface area contributed by atoms with Crippen LogP contribution < -0.4 is 0 Å². The smallest absolute Gasteiger partial charge is 0.310 e. The summed E-state index contributed by atoms with van der Waals surface area (Å²) in [5.74, 6) is 6.44. The summed E-state index contributed by atoms with van der Waals surface area (Å²) in [6, 6.07) is 3.26. The normalized spacial score (nSPS) is 19.3. The zero-order chi connectivity index (χ0) is 37.7. The molecule has 0 saturated heterocycles. The molecule has 0 aromatic carbocycles. The van der Waals surface area contributed by atoms with Gasteiger partial charge < -0.3 is 22.8 Å². The lowest BCUT2D eigenvalue weighted by atomic mass is 9.91. The molecule has 0 aliphatic heterocycles. The summed E-state index contributed by atoms with van der Waals surface area (Å²) < 4.78 is 31.4. The molecule has 10 heteroatoms. The second kappa shape index (κ2) is 19.8. The lowest BCUT2D eigenvalue weighted by Crippen LogP contribution is -2.42. The van der Waals surface area contributed by atoms with Gasteiger partial charge in [-0.1, -0.05) is 85.3 Å². The van der Waals surface area contributed by atoms with Gasteiger partial charge in [-0.15, -0.1) is 0 Å². The fourth-order valence-corrected chi connectivity index (χ4v) is 12.0. The molecule has 282 valence electrons. The Morgan fingerprint density at radius 1 is 1.00 bits per heavy atom. The lowest BCUT2D eigenvalue weighted by Gasteiger charge is -2.37. The van der Waals surface area contributed by atoms with Crippen LogP contribution >= 0.6 is 0 Å². The Bertz CT molecular complexity index is 1170. The lowest BCUT2D eigenvalue weighted by molar-refractivity contribution is -0.149. The minimum absolute atomic E-state index is 0.0124. The van der Waals surface area contributed by atoms with Crippen molar-refractivity contribution in [3.63, 3.8) is 0 Å². The molecule has 0 radical (unpaired) electrons. The minimum Gasteiger partial charge on any atom is -0.546 e. The average Bonchev–Trinajstić information content (AvgIpc) is 3.29. The molecule has 2 unspecified atom stereocenters. The summed E-state index contributed by atoms with van der Waals surface area (Å²) in [6.07, 6.45) is 9.98. The molecule has 0 aromatic heterocycles. The molecule has 1 rings (SSSR count). The third kappa shape index (κ3) is 15.2. The van der Waals surface area contributed by atoms with Gasteiger partial charge in [0.05, 0.1) is 31.0 Å². The fraction of sp³-hybridized carbons (Fsp3) is 0.795. The maximum Gasteiger partial charge on any atom is 0.310 e. The first-order valence-electron chi connectivity index (χ1n) is 18.8. The van der Waals surface area contributed by atoms with E-state index in [1.165, 1.54) is 19.6 Å². The van der Waals surface area contributed by atoms with Gasteiger partial charge in [0.15, 0.2) is 22.7 Å². The summed E-state index contributed by atoms with van der Waals surface area (Å²) in [6.45, 7) is 31.0. The standard InChI is InChI=1S/C39H72O7Si3/c1-16-20-27-39(9,46-47(11,12)13)28-23-26-34-33(25-22-21-24-32(43-31(5)40)29-37(41)42-10)35(44-48(14,15)38(6,7)8)30-36(34)45-49(17-2,18-3)19-4/h23,26,32,34,36H,16-20,22,25,27-30H2,1-15H3/b26-23+/t32?,34-,36-,39?/m0/s1. The summed E-state index contributed by atoms with van der Waals surface area (Å²) in [7, 11) is -4.53. The summed E-state index contributed by atoms with van der Waals surface area (Å²) in [5, 5.41) is 0.0460. The van der Waals surface area contributed by atoms with E-state index in [9.17, 15) is 9.59 Å². The predicted molar refractivity (Wildman–Crippen MR) is 211 cm³/mol. The van der Waals surface area contributed by atoms with Crippen LogP contribution in [-0.2, 0) is 32.3 Å². The molecule has 49 heavy (non-hydrogen) atoms. The molecule has 0 aromatic rings. The van der Waals surface area contributed by atoms with E-state index in [0.29, 0.717) is 12.8 Å². The number of unbranched alkanes of at least 4 members (excludes halogenated alkanes) is 1. The summed E-state index contributed by atoms with van der Waals surface area (Å²) in [5.41, 5.74) is 1.05. The van der Waals surface area contributed by atoms with E-state index >= 15 is 0 Å². The first-order chi connectivity index (χ1) is 22.6. The molecule has 7 nitrogen and oxygen atoms in total. The second-order valence-electron chi connectivity index (χ2n) is 16.5. The first kappa shape index (κ1) is 45.4. The van der Waals surface area contributed by atoms with Crippen LogP contribution in [0.15, 0.2) is 23.5 Å². The van der Waals surface area contributed by atoms with Gasteiger partial charge in [-0.25, -0.2) is 0 Å². The van der Waals surface area contributed by atoms with Crippen molar-refractivity contribution in [2.24, 2.45) is 5.92 Å². The van der Waals surface area contributed by atoms with Crippen LogP contribution in [0.4, 0.5) is 0 Å². The highest BCUT2D eigenvalue weighted by molar-refractivity contribution is 6.74. The Kier molecular flexibility index (Phi) is 18.4. The molecule has 0 amide bonds. The number of esters is 2. The molecule has 0 N–H and O–H groups in total. The molecule has 1 aliphatic rings. The van der Waals surface area contributed by atoms with Crippen LogP contribution in [0, 0.1) is 17.8 Å². The van der Waals surface area contributed by atoms with Crippen molar-refractivity contribution >= 4 is 36.9 Å². The van der Waals surface area contributed by atoms with Gasteiger partial charge in [-0.05, 0) is 87.7 Å². The number of hydrogen-bond donors (Lipinski definition) is 0. The highest BCUT2D eigenvalue weighted by Crippen LogP contribution is 2.46. The van der Waals surface area contributed by atoms with Gasteiger partial charge in [0.1, 0.15) is 0 Å². The molecular formula is C39H72O7Si3. The van der Waals surface area contributed by atoms with Crippen LogP contribution in [-0.4, -0.2) is 61.8 Å². The topological polar surface area (TPSA) is 80.3 Å². The number of hydrogen-bond acceptors (Lipinski definition) is 7. The highest BCUT2D eigenvalue weighted by Gasteiger charge is 2.45. The number of ether oxygens (including phenoxy) is 2. The quantitative estimate of drug-likeness (QED) is 0.0533. The van der Waals surface area contributed by atoms with Crippen molar-refractivity contribution in [1.29, 1.82) is 0 Å². The van der Waals surface area contributed by atoms with E-state index in [1.807, 2.05) is 0 Å². The molecule has 1 aliphatic carbocycles. The Hall–Kier alpha value is -1.65. The molecule has 0 saturated carbocycles. The van der Waals surface area contributed by atoms with Gasteiger partial charge in [0.25, 0.3) is 0 Å². The monoisotopic (exact) mass is 736 g/mol. The van der Waals surface area contributed by atoms with Crippen LogP contribution in [0.25, 0.3) is 0 Å². The van der Waals surface area contributed by atoms with Crippen LogP contribution in [0.2, 0.25) is 55.9 Å². The van der Waals surface area contributed by atoms with Crippen LogP contribution in [0.3, 0.4) is 0 Å². The first-order valence-corrected chi connectivity index (χ1v) is 27.6. The maximum atomic E-state index is 11.9. The molecule has 0 bridgehead atoms. The zero-order valence-corrected chi connectivity index (χ0v) is 37.0.